The molecule has 11 heteroatoms. The fraction of sp³-hybridized carbons (Fsp3) is 0. The van der Waals surface area contributed by atoms with Crippen LogP contribution in [0.3, 0.4) is 0 Å². The first-order valence-corrected chi connectivity index (χ1v) is 8.88. The van der Waals surface area contributed by atoms with Gasteiger partial charge < -0.3 is 15.1 Å². The van der Waals surface area contributed by atoms with Crippen molar-refractivity contribution in [1.29, 1.82) is 0 Å². The van der Waals surface area contributed by atoms with Crippen molar-refractivity contribution in [3.8, 4) is 0 Å². The van der Waals surface area contributed by atoms with Crippen molar-refractivity contribution in [2.45, 2.75) is 0 Å². The molecular weight excluding hydrogens is 414 g/mol. The highest BCUT2D eigenvalue weighted by molar-refractivity contribution is 6.31. The largest absolute Gasteiger partial charge is 0.459 e. The van der Waals surface area contributed by atoms with Crippen LogP contribution in [0.5, 0.6) is 0 Å². The molecule has 2 aromatic heterocycles. The van der Waals surface area contributed by atoms with Gasteiger partial charge in [0, 0.05) is 22.5 Å². The number of amides is 2. The van der Waals surface area contributed by atoms with Gasteiger partial charge in [-0.25, -0.2) is 0 Å². The van der Waals surface area contributed by atoms with Crippen LogP contribution in [-0.4, -0.2) is 26.9 Å². The standard InChI is InChI=1S/C19H12ClN5O5/c20-10-3-5-14(15(8-10)22-18(26)16-2-1-7-30-16)21-19(27)17-12-9-11(25(28)29)4-6-13(12)23-24-17/h1-9H,(H,21,27)(H,22,26)(H,23,24). The number of aromatic nitrogens is 2. The minimum Gasteiger partial charge on any atom is -0.459 e. The third kappa shape index (κ3) is 3.71. The molecule has 3 N–H and O–H groups in total. The summed E-state index contributed by atoms with van der Waals surface area (Å²) >= 11 is 6.02. The molecule has 2 heterocycles. The van der Waals surface area contributed by atoms with E-state index in [2.05, 4.69) is 20.8 Å². The molecule has 0 radical (unpaired) electrons. The SMILES string of the molecule is O=C(Nc1cc(Cl)ccc1NC(=O)c1n[nH]c2ccc([N+](=O)[O-])cc12)c1ccco1. The second-order valence-electron chi connectivity index (χ2n) is 6.13. The van der Waals surface area contributed by atoms with E-state index < -0.39 is 16.7 Å². The number of H-pyrrole nitrogens is 1. The molecule has 0 saturated heterocycles. The summed E-state index contributed by atoms with van der Waals surface area (Å²) < 4.78 is 5.05. The van der Waals surface area contributed by atoms with Crippen LogP contribution in [0.25, 0.3) is 10.9 Å². The maximum absolute atomic E-state index is 12.8. The Balaban J connectivity index is 1.64. The lowest BCUT2D eigenvalue weighted by molar-refractivity contribution is -0.384. The van der Waals surface area contributed by atoms with Crippen LogP contribution < -0.4 is 10.6 Å². The number of carbonyl (C=O) groups excluding carboxylic acids is 2. The van der Waals surface area contributed by atoms with Gasteiger partial charge in [0.2, 0.25) is 0 Å². The second kappa shape index (κ2) is 7.68. The van der Waals surface area contributed by atoms with Gasteiger partial charge in [-0.1, -0.05) is 11.6 Å². The van der Waals surface area contributed by atoms with Crippen molar-refractivity contribution >= 4 is 51.4 Å². The fourth-order valence-corrected chi connectivity index (χ4v) is 2.96. The van der Waals surface area contributed by atoms with Crippen molar-refractivity contribution < 1.29 is 18.9 Å². The van der Waals surface area contributed by atoms with Crippen LogP contribution in [0.1, 0.15) is 21.0 Å². The molecule has 2 amide bonds. The third-order valence-corrected chi connectivity index (χ3v) is 4.43. The number of non-ortho nitro benzene ring substituents is 1. The smallest absolute Gasteiger partial charge is 0.291 e. The normalized spacial score (nSPS) is 10.7. The van der Waals surface area contributed by atoms with E-state index in [1.807, 2.05) is 0 Å². The molecule has 0 aliphatic heterocycles. The van der Waals surface area contributed by atoms with Gasteiger partial charge in [0.25, 0.3) is 17.5 Å². The van der Waals surface area contributed by atoms with E-state index in [0.717, 1.165) is 0 Å². The van der Waals surface area contributed by atoms with Gasteiger partial charge in [-0.3, -0.25) is 24.8 Å². The van der Waals surface area contributed by atoms with Crippen LogP contribution in [0, 0.1) is 10.1 Å². The Morgan fingerprint density at radius 1 is 1.07 bits per heavy atom. The molecule has 0 spiro atoms. The fourth-order valence-electron chi connectivity index (χ4n) is 2.79. The summed E-state index contributed by atoms with van der Waals surface area (Å²) in [6, 6.07) is 11.6. The van der Waals surface area contributed by atoms with Gasteiger partial charge in [0.05, 0.1) is 28.1 Å². The van der Waals surface area contributed by atoms with Crippen molar-refractivity contribution in [3.05, 3.63) is 81.4 Å². The van der Waals surface area contributed by atoms with Gasteiger partial charge >= 0.3 is 0 Å². The second-order valence-corrected chi connectivity index (χ2v) is 6.57. The number of aromatic amines is 1. The predicted molar refractivity (Wildman–Crippen MR) is 109 cm³/mol. The van der Waals surface area contributed by atoms with Crippen molar-refractivity contribution in [1.82, 2.24) is 10.2 Å². The molecule has 0 aliphatic carbocycles. The average molecular weight is 426 g/mol. The van der Waals surface area contributed by atoms with Gasteiger partial charge in [-0.2, -0.15) is 5.10 Å². The molecule has 150 valence electrons. The molecule has 4 aromatic rings. The molecule has 10 nitrogen and oxygen atoms in total. The highest BCUT2D eigenvalue weighted by Gasteiger charge is 2.19. The molecule has 0 aliphatic rings. The number of nitrogens with one attached hydrogen (secondary N) is 3. The molecular formula is C19H12ClN5O5. The van der Waals surface area contributed by atoms with E-state index in [9.17, 15) is 19.7 Å². The highest BCUT2D eigenvalue weighted by atomic mass is 35.5. The first-order valence-electron chi connectivity index (χ1n) is 8.50. The molecule has 0 bridgehead atoms. The Hall–Kier alpha value is -4.18. The average Bonchev–Trinajstić information content (AvgIpc) is 3.39. The Morgan fingerprint density at radius 2 is 1.87 bits per heavy atom. The summed E-state index contributed by atoms with van der Waals surface area (Å²) in [5.74, 6) is -1.07. The molecule has 4 rings (SSSR count). The summed E-state index contributed by atoms with van der Waals surface area (Å²) in [6.07, 6.45) is 1.36. The minimum atomic E-state index is -0.627. The van der Waals surface area contributed by atoms with E-state index >= 15 is 0 Å². The number of benzene rings is 2. The zero-order valence-corrected chi connectivity index (χ0v) is 15.8. The van der Waals surface area contributed by atoms with Crippen LogP contribution in [0.4, 0.5) is 17.1 Å². The number of fused-ring (bicyclic) bond motifs is 1. The van der Waals surface area contributed by atoms with Gasteiger partial charge in [-0.15, -0.1) is 0 Å². The molecule has 0 atom stereocenters. The predicted octanol–water partition coefficient (Wildman–Crippen LogP) is 4.22. The number of carbonyl (C=O) groups is 2. The van der Waals surface area contributed by atoms with Gasteiger partial charge in [0.1, 0.15) is 0 Å². The molecule has 0 saturated carbocycles. The summed E-state index contributed by atoms with van der Waals surface area (Å²) in [6.45, 7) is 0. The van der Waals surface area contributed by atoms with E-state index in [4.69, 9.17) is 16.0 Å². The molecule has 0 fully saturated rings. The number of nitro benzene ring substituents is 1. The van der Waals surface area contributed by atoms with E-state index in [1.165, 1.54) is 48.7 Å². The van der Waals surface area contributed by atoms with Crippen LogP contribution in [0.15, 0.2) is 59.2 Å². The zero-order valence-electron chi connectivity index (χ0n) is 15.0. The van der Waals surface area contributed by atoms with Crippen molar-refractivity contribution in [2.24, 2.45) is 0 Å². The number of halogens is 1. The number of hydrogen-bond donors (Lipinski definition) is 3. The number of hydrogen-bond acceptors (Lipinski definition) is 6. The summed E-state index contributed by atoms with van der Waals surface area (Å²) in [5.41, 5.74) is 0.755. The van der Waals surface area contributed by atoms with E-state index in [1.54, 1.807) is 6.07 Å². The number of nitrogens with zero attached hydrogens (tertiary/aromatic N) is 2. The van der Waals surface area contributed by atoms with Gasteiger partial charge in [0.15, 0.2) is 11.5 Å². The van der Waals surface area contributed by atoms with Crippen molar-refractivity contribution in [3.63, 3.8) is 0 Å². The monoisotopic (exact) mass is 425 g/mol. The topological polar surface area (TPSA) is 143 Å². The first kappa shape index (κ1) is 19.2. The minimum absolute atomic E-state index is 0.0352. The number of rotatable bonds is 5. The summed E-state index contributed by atoms with van der Waals surface area (Å²) in [4.78, 5) is 35.6. The van der Waals surface area contributed by atoms with E-state index in [-0.39, 0.29) is 33.9 Å². The maximum atomic E-state index is 12.8. The number of furan rings is 1. The van der Waals surface area contributed by atoms with E-state index in [0.29, 0.717) is 10.5 Å². The van der Waals surface area contributed by atoms with Crippen LogP contribution >= 0.6 is 11.6 Å². The molecule has 0 unspecified atom stereocenters. The summed E-state index contributed by atoms with van der Waals surface area (Å²) in [7, 11) is 0. The Kier molecular flexibility index (Phi) is 4.90. The molecule has 30 heavy (non-hydrogen) atoms. The lowest BCUT2D eigenvalue weighted by atomic mass is 10.1. The van der Waals surface area contributed by atoms with Gasteiger partial charge in [-0.05, 0) is 36.4 Å². The zero-order chi connectivity index (χ0) is 21.3. The lowest BCUT2D eigenvalue weighted by Crippen LogP contribution is -2.17. The molecule has 2 aromatic carbocycles. The van der Waals surface area contributed by atoms with Crippen LogP contribution in [0.2, 0.25) is 5.02 Å². The quantitative estimate of drug-likeness (QED) is 0.322. The number of anilines is 2. The van der Waals surface area contributed by atoms with Crippen molar-refractivity contribution in [2.75, 3.05) is 10.6 Å². The Morgan fingerprint density at radius 3 is 2.60 bits per heavy atom. The summed E-state index contributed by atoms with van der Waals surface area (Å²) in [5, 5.41) is 23.5. The number of nitro groups is 1. The first-order chi connectivity index (χ1) is 14.4. The Labute approximate surface area is 173 Å². The third-order valence-electron chi connectivity index (χ3n) is 4.20. The maximum Gasteiger partial charge on any atom is 0.291 e. The Bertz CT molecular complexity index is 1280. The highest BCUT2D eigenvalue weighted by Crippen LogP contribution is 2.28. The lowest BCUT2D eigenvalue weighted by Gasteiger charge is -2.12. The van der Waals surface area contributed by atoms with Crippen LogP contribution in [-0.2, 0) is 0 Å².